The van der Waals surface area contributed by atoms with Gasteiger partial charge in [-0.05, 0) is 108 Å². The SMILES string of the molecule is CC(C)CCCC(C)CCOC(=O)c1ccc2c3c(Br)cc(C(=O)OCCC(C)CCCC(C)C)c4c(C(=O)OCCC(C)CCCC(C)C)ccc(c5c(Br)cc(C(=O)OCCC(C)CCCC(C)C)c1c25)c43. The smallest absolute Gasteiger partial charge is 0.338 e. The van der Waals surface area contributed by atoms with Crippen LogP contribution in [-0.4, -0.2) is 50.3 Å². The van der Waals surface area contributed by atoms with E-state index in [-0.39, 0.29) is 48.7 Å². The van der Waals surface area contributed by atoms with Crippen molar-refractivity contribution in [1.29, 1.82) is 0 Å². The molecule has 0 aliphatic carbocycles. The van der Waals surface area contributed by atoms with Crippen LogP contribution >= 0.6 is 31.9 Å². The fraction of sp³-hybridized carbons (Fsp3) is 0.625. The molecule has 0 bridgehead atoms. The van der Waals surface area contributed by atoms with Gasteiger partial charge in [0.15, 0.2) is 0 Å². The van der Waals surface area contributed by atoms with Crippen LogP contribution in [0.5, 0.6) is 0 Å². The summed E-state index contributed by atoms with van der Waals surface area (Å²) in [5, 5.41) is 5.10. The molecule has 4 unspecified atom stereocenters. The van der Waals surface area contributed by atoms with E-state index in [0.29, 0.717) is 77.8 Å². The Labute approximate surface area is 461 Å². The van der Waals surface area contributed by atoms with Crippen molar-refractivity contribution in [2.75, 3.05) is 26.4 Å². The molecule has 0 aliphatic rings. The van der Waals surface area contributed by atoms with E-state index >= 15 is 0 Å². The van der Waals surface area contributed by atoms with Crippen LogP contribution in [0.4, 0.5) is 0 Å². The van der Waals surface area contributed by atoms with Gasteiger partial charge >= 0.3 is 23.9 Å². The lowest BCUT2D eigenvalue weighted by atomic mass is 9.84. The van der Waals surface area contributed by atoms with Crippen molar-refractivity contribution in [3.63, 3.8) is 0 Å². The number of carbonyl (C=O) groups excluding carboxylic acids is 4. The van der Waals surface area contributed by atoms with Crippen LogP contribution in [0.25, 0.3) is 43.1 Å². The van der Waals surface area contributed by atoms with Gasteiger partial charge in [-0.3, -0.25) is 0 Å². The summed E-state index contributed by atoms with van der Waals surface area (Å²) in [6.45, 7) is 27.7. The largest absolute Gasteiger partial charge is 0.462 e. The molecule has 0 amide bonds. The minimum Gasteiger partial charge on any atom is -0.462 e. The zero-order valence-corrected chi connectivity index (χ0v) is 50.4. The highest BCUT2D eigenvalue weighted by atomic mass is 79.9. The summed E-state index contributed by atoms with van der Waals surface area (Å²) in [6.07, 6.45) is 16.3. The Kier molecular flexibility index (Phi) is 24.5. The van der Waals surface area contributed by atoms with Gasteiger partial charge in [0.25, 0.3) is 0 Å². The first-order chi connectivity index (χ1) is 35.2. The normalized spacial score (nSPS) is 13.8. The number of rotatable bonds is 32. The quantitative estimate of drug-likeness (QED) is 0.0181. The fourth-order valence-corrected chi connectivity index (χ4v) is 11.7. The van der Waals surface area contributed by atoms with Crippen LogP contribution in [0.1, 0.15) is 227 Å². The molecule has 4 atom stereocenters. The monoisotopic (exact) mass is 1140 g/mol. The van der Waals surface area contributed by atoms with Gasteiger partial charge in [0, 0.05) is 41.3 Å². The van der Waals surface area contributed by atoms with Gasteiger partial charge in [-0.1, -0.05) is 204 Å². The molecule has 0 saturated carbocycles. The second kappa shape index (κ2) is 29.7. The van der Waals surface area contributed by atoms with Crippen LogP contribution in [-0.2, 0) is 18.9 Å². The molecule has 0 saturated heterocycles. The van der Waals surface area contributed by atoms with E-state index in [9.17, 15) is 19.2 Å². The Balaban J connectivity index is 1.64. The van der Waals surface area contributed by atoms with E-state index in [4.69, 9.17) is 18.9 Å². The molecular weight excluding hydrogens is 1060 g/mol. The maximum Gasteiger partial charge on any atom is 0.338 e. The van der Waals surface area contributed by atoms with E-state index in [1.165, 1.54) is 0 Å². The van der Waals surface area contributed by atoms with Crippen molar-refractivity contribution in [2.45, 2.75) is 186 Å². The predicted octanol–water partition coefficient (Wildman–Crippen LogP) is 19.3. The molecule has 0 spiro atoms. The van der Waals surface area contributed by atoms with E-state index in [2.05, 4.69) is 115 Å². The molecule has 0 heterocycles. The van der Waals surface area contributed by atoms with Crippen LogP contribution in [0, 0.1) is 47.3 Å². The third kappa shape index (κ3) is 17.1. The molecule has 8 nitrogen and oxygen atoms in total. The summed E-state index contributed by atoms with van der Waals surface area (Å²) in [7, 11) is 0. The van der Waals surface area contributed by atoms with Gasteiger partial charge in [-0.25, -0.2) is 19.2 Å². The minimum atomic E-state index is -0.522. The average Bonchev–Trinajstić information content (AvgIpc) is 3.32. The number of benzene rings is 5. The van der Waals surface area contributed by atoms with Gasteiger partial charge in [0.2, 0.25) is 0 Å². The van der Waals surface area contributed by atoms with Crippen molar-refractivity contribution in [1.82, 2.24) is 0 Å². The lowest BCUT2D eigenvalue weighted by Crippen LogP contribution is -2.15. The molecule has 0 fully saturated rings. The molecule has 0 N–H and O–H groups in total. The Morgan fingerprint density at radius 1 is 0.338 bits per heavy atom. The number of carbonyl (C=O) groups is 4. The molecule has 408 valence electrons. The van der Waals surface area contributed by atoms with Crippen LogP contribution in [0.2, 0.25) is 0 Å². The predicted molar refractivity (Wildman–Crippen MR) is 314 cm³/mol. The first-order valence-corrected chi connectivity index (χ1v) is 30.1. The van der Waals surface area contributed by atoms with Gasteiger partial charge in [0.1, 0.15) is 0 Å². The number of hydrogen-bond donors (Lipinski definition) is 0. The second-order valence-electron chi connectivity index (χ2n) is 23.8. The van der Waals surface area contributed by atoms with Crippen molar-refractivity contribution < 1.29 is 38.1 Å². The minimum absolute atomic E-state index is 0.246. The van der Waals surface area contributed by atoms with E-state index in [1.807, 2.05) is 12.1 Å². The number of esters is 4. The summed E-state index contributed by atoms with van der Waals surface area (Å²) in [4.78, 5) is 57.9. The van der Waals surface area contributed by atoms with Crippen molar-refractivity contribution >= 4 is 98.8 Å². The molecule has 0 aromatic heterocycles. The van der Waals surface area contributed by atoms with Gasteiger partial charge in [0.05, 0.1) is 48.7 Å². The average molecular weight is 1150 g/mol. The van der Waals surface area contributed by atoms with Crippen LogP contribution in [0.3, 0.4) is 0 Å². The number of fused-ring (bicyclic) bond motifs is 2. The Morgan fingerprint density at radius 2 is 0.595 bits per heavy atom. The lowest BCUT2D eigenvalue weighted by molar-refractivity contribution is 0.0468. The molecule has 74 heavy (non-hydrogen) atoms. The maximum atomic E-state index is 14.5. The summed E-state index contributed by atoms with van der Waals surface area (Å²) in [5.41, 5.74) is 1.05. The van der Waals surface area contributed by atoms with E-state index < -0.39 is 23.9 Å². The Bertz CT molecular complexity index is 2450. The zero-order chi connectivity index (χ0) is 54.2. The molecule has 10 heteroatoms. The molecule has 5 aromatic carbocycles. The van der Waals surface area contributed by atoms with Gasteiger partial charge in [-0.2, -0.15) is 0 Å². The van der Waals surface area contributed by atoms with E-state index in [1.54, 1.807) is 24.3 Å². The molecule has 0 aliphatic heterocycles. The van der Waals surface area contributed by atoms with Crippen molar-refractivity contribution in [2.24, 2.45) is 47.3 Å². The standard InChI is InChI=1S/C64H90Br2O8/c1-39(2)17-13-21-43(9)29-33-71-61(67)49-27-25-47-58-54(66)38-52(64(70)74-36-32-46(12)24-16-20-42(7)8)56-50(62(68)72-34-30-44(10)22-14-18-40(3)4)28-26-48(60(56)58)57-53(65)37-51(55(49)59(47)57)63(69)73-35-31-45(11)23-15-19-41(5)6/h25-28,37-46H,13-24,29-36H2,1-12H3. The molecule has 5 aromatic rings. The molecule has 5 rings (SSSR count). The second-order valence-corrected chi connectivity index (χ2v) is 25.5. The fourth-order valence-electron chi connectivity index (χ4n) is 10.5. The number of halogens is 2. The first kappa shape index (κ1) is 61.1. The Morgan fingerprint density at radius 3 is 0.851 bits per heavy atom. The maximum absolute atomic E-state index is 14.5. The third-order valence-electron chi connectivity index (χ3n) is 15.2. The highest BCUT2D eigenvalue weighted by Crippen LogP contribution is 2.49. The van der Waals surface area contributed by atoms with Gasteiger partial charge in [-0.15, -0.1) is 0 Å². The van der Waals surface area contributed by atoms with Crippen LogP contribution < -0.4 is 0 Å². The summed E-state index contributed by atoms with van der Waals surface area (Å²) in [6, 6.07) is 10.8. The first-order valence-electron chi connectivity index (χ1n) is 28.5. The summed E-state index contributed by atoms with van der Waals surface area (Å²) < 4.78 is 25.5. The van der Waals surface area contributed by atoms with Crippen molar-refractivity contribution in [3.05, 3.63) is 67.6 Å². The molecular formula is C64H90Br2O8. The third-order valence-corrected chi connectivity index (χ3v) is 16.4. The topological polar surface area (TPSA) is 105 Å². The number of hydrogen-bond acceptors (Lipinski definition) is 8. The highest BCUT2D eigenvalue weighted by Gasteiger charge is 2.30. The summed E-state index contributed by atoms with van der Waals surface area (Å²) in [5.74, 6) is 2.04. The highest BCUT2D eigenvalue weighted by molar-refractivity contribution is 9.11. The van der Waals surface area contributed by atoms with Crippen LogP contribution in [0.15, 0.2) is 45.3 Å². The Hall–Kier alpha value is -3.76. The number of ether oxygens (including phenoxy) is 4. The van der Waals surface area contributed by atoms with Gasteiger partial charge < -0.3 is 18.9 Å². The van der Waals surface area contributed by atoms with E-state index in [0.717, 1.165) is 124 Å². The molecule has 0 radical (unpaired) electrons. The van der Waals surface area contributed by atoms with Crippen molar-refractivity contribution in [3.8, 4) is 0 Å². The zero-order valence-electron chi connectivity index (χ0n) is 47.2. The lowest BCUT2D eigenvalue weighted by Gasteiger charge is -2.22. The summed E-state index contributed by atoms with van der Waals surface area (Å²) >= 11 is 7.81.